The van der Waals surface area contributed by atoms with Crippen molar-refractivity contribution in [3.05, 3.63) is 42.6 Å². The molecule has 1 amide bonds. The number of carboxylic acids is 1. The molecule has 0 saturated carbocycles. The van der Waals surface area contributed by atoms with Crippen molar-refractivity contribution in [3.8, 4) is 5.82 Å². The number of carbonyl (C=O) groups is 2. The minimum atomic E-state index is -1.05. The van der Waals surface area contributed by atoms with Crippen LogP contribution in [0.5, 0.6) is 0 Å². The number of nitrogens with zero attached hydrogens (tertiary/aromatic N) is 3. The molecule has 2 aromatic heterocycles. The van der Waals surface area contributed by atoms with Gasteiger partial charge in [0.2, 0.25) is 0 Å². The van der Waals surface area contributed by atoms with Gasteiger partial charge in [0, 0.05) is 24.2 Å². The summed E-state index contributed by atoms with van der Waals surface area (Å²) >= 11 is 0. The number of pyridine rings is 1. The van der Waals surface area contributed by atoms with Crippen molar-refractivity contribution in [2.75, 3.05) is 0 Å². The summed E-state index contributed by atoms with van der Waals surface area (Å²) in [6, 6.07) is 2.19. The Bertz CT molecular complexity index is 637. The van der Waals surface area contributed by atoms with E-state index in [1.165, 1.54) is 12.3 Å². The van der Waals surface area contributed by atoms with Gasteiger partial charge in [0.15, 0.2) is 0 Å². The Kier molecular flexibility index (Phi) is 4.32. The number of aliphatic carboxylic acids is 1. The highest BCUT2D eigenvalue weighted by Crippen LogP contribution is 2.09. The van der Waals surface area contributed by atoms with Crippen LogP contribution in [0.1, 0.15) is 24.2 Å². The first-order chi connectivity index (χ1) is 9.99. The monoisotopic (exact) mass is 288 g/mol. The van der Waals surface area contributed by atoms with Crippen LogP contribution in [-0.2, 0) is 4.79 Å². The maximum Gasteiger partial charge on any atom is 0.326 e. The lowest BCUT2D eigenvalue weighted by Gasteiger charge is -2.18. The fraction of sp³-hybridized carbons (Fsp3) is 0.286. The molecule has 0 aliphatic carbocycles. The van der Waals surface area contributed by atoms with E-state index >= 15 is 0 Å². The molecule has 21 heavy (non-hydrogen) atoms. The summed E-state index contributed by atoms with van der Waals surface area (Å²) in [6.07, 6.45) is 6.37. The van der Waals surface area contributed by atoms with E-state index in [-0.39, 0.29) is 5.92 Å². The van der Waals surface area contributed by atoms with Crippen LogP contribution in [0.2, 0.25) is 0 Å². The highest BCUT2D eigenvalue weighted by molar-refractivity contribution is 5.96. The number of amides is 1. The zero-order chi connectivity index (χ0) is 15.4. The molecule has 2 rings (SSSR count). The van der Waals surface area contributed by atoms with Crippen LogP contribution in [0.4, 0.5) is 0 Å². The van der Waals surface area contributed by atoms with Crippen LogP contribution in [0.15, 0.2) is 37.1 Å². The summed E-state index contributed by atoms with van der Waals surface area (Å²) in [4.78, 5) is 31.3. The van der Waals surface area contributed by atoms with Crippen molar-refractivity contribution in [1.29, 1.82) is 0 Å². The van der Waals surface area contributed by atoms with Gasteiger partial charge in [0.25, 0.3) is 5.91 Å². The molecule has 0 aromatic carbocycles. The zero-order valence-electron chi connectivity index (χ0n) is 11.7. The molecule has 0 unspecified atom stereocenters. The lowest BCUT2D eigenvalue weighted by Crippen LogP contribution is -2.44. The summed E-state index contributed by atoms with van der Waals surface area (Å²) < 4.78 is 1.66. The molecule has 7 nitrogen and oxygen atoms in total. The summed E-state index contributed by atoms with van der Waals surface area (Å²) in [5.41, 5.74) is 0.348. The summed E-state index contributed by atoms with van der Waals surface area (Å²) in [7, 11) is 0. The van der Waals surface area contributed by atoms with E-state index in [2.05, 4.69) is 15.3 Å². The van der Waals surface area contributed by atoms with Gasteiger partial charge in [-0.25, -0.2) is 14.8 Å². The molecule has 7 heteroatoms. The molecule has 2 aromatic rings. The average molecular weight is 288 g/mol. The topological polar surface area (TPSA) is 97.1 Å². The number of nitrogens with one attached hydrogen (secondary N) is 1. The Hall–Kier alpha value is -2.70. The predicted molar refractivity (Wildman–Crippen MR) is 75.1 cm³/mol. The first-order valence-electron chi connectivity index (χ1n) is 6.47. The van der Waals surface area contributed by atoms with Crippen LogP contribution in [0, 0.1) is 5.92 Å². The molecule has 0 fully saturated rings. The van der Waals surface area contributed by atoms with Crippen LogP contribution >= 0.6 is 0 Å². The molecule has 2 N–H and O–H groups in total. The normalized spacial score (nSPS) is 12.1. The number of hydrogen-bond acceptors (Lipinski definition) is 4. The highest BCUT2D eigenvalue weighted by atomic mass is 16.4. The maximum absolute atomic E-state index is 12.2. The molecule has 110 valence electrons. The van der Waals surface area contributed by atoms with Gasteiger partial charge >= 0.3 is 5.97 Å². The van der Waals surface area contributed by atoms with Gasteiger partial charge in [-0.05, 0) is 18.1 Å². The van der Waals surface area contributed by atoms with Gasteiger partial charge in [0.05, 0.1) is 0 Å². The van der Waals surface area contributed by atoms with E-state index in [0.717, 1.165) is 0 Å². The second-order valence-electron chi connectivity index (χ2n) is 4.91. The van der Waals surface area contributed by atoms with Crippen LogP contribution in [0.3, 0.4) is 0 Å². The van der Waals surface area contributed by atoms with Gasteiger partial charge < -0.3 is 10.4 Å². The quantitative estimate of drug-likeness (QED) is 0.859. The molecule has 0 aliphatic rings. The van der Waals surface area contributed by atoms with Crippen molar-refractivity contribution in [1.82, 2.24) is 19.9 Å². The second kappa shape index (κ2) is 6.17. The number of imidazole rings is 1. The van der Waals surface area contributed by atoms with Gasteiger partial charge in [-0.1, -0.05) is 13.8 Å². The van der Waals surface area contributed by atoms with Crippen LogP contribution in [-0.4, -0.2) is 37.6 Å². The minimum Gasteiger partial charge on any atom is -0.480 e. The maximum atomic E-state index is 12.2. The number of hydrogen-bond donors (Lipinski definition) is 2. The Labute approximate surface area is 121 Å². The molecular weight excluding hydrogens is 272 g/mol. The van der Waals surface area contributed by atoms with E-state index in [9.17, 15) is 9.59 Å². The summed E-state index contributed by atoms with van der Waals surface area (Å²) in [5, 5.41) is 11.6. The van der Waals surface area contributed by atoms with Crippen molar-refractivity contribution < 1.29 is 14.7 Å². The van der Waals surface area contributed by atoms with E-state index in [4.69, 9.17) is 5.11 Å². The number of aromatic nitrogens is 3. The fourth-order valence-electron chi connectivity index (χ4n) is 1.83. The smallest absolute Gasteiger partial charge is 0.326 e. The minimum absolute atomic E-state index is 0.207. The second-order valence-corrected chi connectivity index (χ2v) is 4.91. The fourth-order valence-corrected chi connectivity index (χ4v) is 1.83. The molecule has 0 bridgehead atoms. The van der Waals surface area contributed by atoms with E-state index in [0.29, 0.717) is 11.4 Å². The molecule has 0 aliphatic heterocycles. The lowest BCUT2D eigenvalue weighted by molar-refractivity contribution is -0.140. The zero-order valence-corrected chi connectivity index (χ0v) is 11.7. The Morgan fingerprint density at radius 3 is 2.67 bits per heavy atom. The Balaban J connectivity index is 2.20. The Morgan fingerprint density at radius 1 is 1.33 bits per heavy atom. The van der Waals surface area contributed by atoms with Crippen molar-refractivity contribution in [3.63, 3.8) is 0 Å². The number of carboxylic acid groups (broad SMARTS) is 1. The molecule has 0 spiro atoms. The number of carbonyl (C=O) groups excluding carboxylic acids is 1. The third-order valence-electron chi connectivity index (χ3n) is 3.00. The first kappa shape index (κ1) is 14.7. The molecule has 1 atom stereocenters. The Morgan fingerprint density at radius 2 is 2.10 bits per heavy atom. The largest absolute Gasteiger partial charge is 0.480 e. The standard InChI is InChI=1S/C14H16N4O3/c1-9(2)12(14(20)21)17-13(19)10-3-4-16-11(7-10)18-6-5-15-8-18/h3-9,12H,1-2H3,(H,17,19)(H,20,21)/t12-/m0/s1. The highest BCUT2D eigenvalue weighted by Gasteiger charge is 2.24. The first-order valence-corrected chi connectivity index (χ1v) is 6.47. The van der Waals surface area contributed by atoms with Crippen LogP contribution in [0.25, 0.3) is 5.82 Å². The van der Waals surface area contributed by atoms with Crippen molar-refractivity contribution in [2.45, 2.75) is 19.9 Å². The number of rotatable bonds is 5. The van der Waals surface area contributed by atoms with Gasteiger partial charge in [-0.2, -0.15) is 0 Å². The van der Waals surface area contributed by atoms with Gasteiger partial charge in [-0.3, -0.25) is 9.36 Å². The predicted octanol–water partition coefficient (Wildman–Crippen LogP) is 1.11. The summed E-state index contributed by atoms with van der Waals surface area (Å²) in [5.74, 6) is -1.17. The lowest BCUT2D eigenvalue weighted by atomic mass is 10.0. The van der Waals surface area contributed by atoms with Crippen molar-refractivity contribution >= 4 is 11.9 Å². The SMILES string of the molecule is CC(C)[C@H](NC(=O)c1ccnc(-n2ccnc2)c1)C(=O)O. The van der Waals surface area contributed by atoms with Crippen LogP contribution < -0.4 is 5.32 Å². The van der Waals surface area contributed by atoms with Gasteiger partial charge in [0.1, 0.15) is 18.2 Å². The molecule has 2 heterocycles. The van der Waals surface area contributed by atoms with E-state index < -0.39 is 17.9 Å². The molecular formula is C14H16N4O3. The molecule has 0 saturated heterocycles. The summed E-state index contributed by atoms with van der Waals surface area (Å²) in [6.45, 7) is 3.48. The third-order valence-corrected chi connectivity index (χ3v) is 3.00. The third kappa shape index (κ3) is 3.44. The van der Waals surface area contributed by atoms with Crippen molar-refractivity contribution in [2.24, 2.45) is 5.92 Å². The van der Waals surface area contributed by atoms with Gasteiger partial charge in [-0.15, -0.1) is 0 Å². The average Bonchev–Trinajstić information content (AvgIpc) is 2.98. The van der Waals surface area contributed by atoms with E-state index in [1.54, 1.807) is 43.2 Å². The molecule has 0 radical (unpaired) electrons. The van der Waals surface area contributed by atoms with E-state index in [1.807, 2.05) is 0 Å².